The maximum absolute atomic E-state index is 13.0. The molecule has 0 saturated carbocycles. The van der Waals surface area contributed by atoms with Crippen LogP contribution in [0.5, 0.6) is 0 Å². The first kappa shape index (κ1) is 49.4. The van der Waals surface area contributed by atoms with Gasteiger partial charge in [0.05, 0.1) is 12.5 Å². The molecular weight excluding hydrogens is 737 g/mol. The Balaban J connectivity index is 1.89. The van der Waals surface area contributed by atoms with E-state index in [1.165, 1.54) is 11.1 Å². The Labute approximate surface area is 347 Å². The van der Waals surface area contributed by atoms with Crippen molar-refractivity contribution in [2.75, 3.05) is 67.0 Å². The van der Waals surface area contributed by atoms with Gasteiger partial charge in [0.1, 0.15) is 11.6 Å². The number of aliphatic imine (C=N–C) groups is 1. The van der Waals surface area contributed by atoms with Gasteiger partial charge in [-0.3, -0.25) is 29.2 Å². The van der Waals surface area contributed by atoms with Gasteiger partial charge in [-0.05, 0) is 97.1 Å². The zero-order valence-electron chi connectivity index (χ0n) is 35.9. The lowest BCUT2D eigenvalue weighted by atomic mass is 10.1. The first-order chi connectivity index (χ1) is 27.7. The summed E-state index contributed by atoms with van der Waals surface area (Å²) in [4.78, 5) is 60.5. The third kappa shape index (κ3) is 22.3. The average molecular weight is 809 g/mol. The predicted octanol–water partition coefficient (Wildman–Crippen LogP) is 3.19. The van der Waals surface area contributed by atoms with Crippen molar-refractivity contribution in [3.8, 4) is 0 Å². The molecule has 0 fully saturated rings. The molecule has 2 atom stereocenters. The van der Waals surface area contributed by atoms with E-state index < -0.39 is 29.6 Å². The van der Waals surface area contributed by atoms with Gasteiger partial charge in [-0.2, -0.15) is 0 Å². The summed E-state index contributed by atoms with van der Waals surface area (Å²) in [6.07, 6.45) is 4.83. The van der Waals surface area contributed by atoms with E-state index in [1.807, 2.05) is 31.1 Å². The number of alkyl carbamates (subject to hydrolysis) is 1. The van der Waals surface area contributed by atoms with Gasteiger partial charge in [0.25, 0.3) is 0 Å². The molecule has 4 amide bonds. The molecule has 0 heterocycles. The SMILES string of the molecule is CN=C(N)N(C)CCCC(NC)C(=O)NCCCN(CCCN(CCCCCNC(=O)[C@H](CC(N)=O)NC(=O)OC(C)(C)C)Cc1ccccc1)Cc1ccccc1. The number of amides is 4. The number of carbonyl (C=O) groups excluding carboxylic acids is 4. The second kappa shape index (κ2) is 27.8. The molecular formula is C43H72N10O5. The van der Waals surface area contributed by atoms with Crippen LogP contribution in [-0.2, 0) is 32.2 Å². The van der Waals surface area contributed by atoms with Crippen LogP contribution < -0.4 is 32.7 Å². The van der Waals surface area contributed by atoms with Gasteiger partial charge in [0, 0.05) is 53.4 Å². The molecule has 0 aromatic heterocycles. The smallest absolute Gasteiger partial charge is 0.408 e. The molecule has 15 nitrogen and oxygen atoms in total. The third-order valence-electron chi connectivity index (χ3n) is 9.53. The van der Waals surface area contributed by atoms with Crippen molar-refractivity contribution in [3.63, 3.8) is 0 Å². The fourth-order valence-electron chi connectivity index (χ4n) is 6.44. The van der Waals surface area contributed by atoms with E-state index in [0.717, 1.165) is 84.3 Å². The van der Waals surface area contributed by atoms with Gasteiger partial charge in [-0.1, -0.05) is 67.1 Å². The van der Waals surface area contributed by atoms with Crippen LogP contribution in [0.2, 0.25) is 0 Å². The van der Waals surface area contributed by atoms with Crippen LogP contribution in [0.25, 0.3) is 0 Å². The maximum Gasteiger partial charge on any atom is 0.408 e. The monoisotopic (exact) mass is 809 g/mol. The van der Waals surface area contributed by atoms with Gasteiger partial charge in [0.2, 0.25) is 17.7 Å². The fourth-order valence-corrected chi connectivity index (χ4v) is 6.44. The number of primary amides is 1. The van der Waals surface area contributed by atoms with Crippen LogP contribution >= 0.6 is 0 Å². The van der Waals surface area contributed by atoms with Gasteiger partial charge < -0.3 is 42.4 Å². The van der Waals surface area contributed by atoms with Crippen molar-refractivity contribution in [2.24, 2.45) is 16.5 Å². The number of hydrogen-bond donors (Lipinski definition) is 6. The molecule has 2 aromatic rings. The van der Waals surface area contributed by atoms with Gasteiger partial charge in [-0.25, -0.2) is 4.79 Å². The Bertz CT molecular complexity index is 1510. The second-order valence-electron chi connectivity index (χ2n) is 15.7. The van der Waals surface area contributed by atoms with Gasteiger partial charge in [0.15, 0.2) is 5.96 Å². The number of likely N-dealkylation sites (N-methyl/N-ethyl adjacent to an activating group) is 1. The summed E-state index contributed by atoms with van der Waals surface area (Å²) >= 11 is 0. The summed E-state index contributed by atoms with van der Waals surface area (Å²) in [5.74, 6) is -0.666. The Kier molecular flexibility index (Phi) is 23.7. The van der Waals surface area contributed by atoms with Gasteiger partial charge >= 0.3 is 6.09 Å². The molecule has 0 radical (unpaired) electrons. The molecule has 2 aromatic carbocycles. The van der Waals surface area contributed by atoms with Crippen LogP contribution in [-0.4, -0.2) is 129 Å². The number of unbranched alkanes of at least 4 members (excludes halogenated alkanes) is 2. The summed E-state index contributed by atoms with van der Waals surface area (Å²) in [7, 11) is 5.38. The molecule has 0 saturated heterocycles. The van der Waals surface area contributed by atoms with Crippen molar-refractivity contribution in [1.29, 1.82) is 0 Å². The zero-order chi connectivity index (χ0) is 42.8. The highest BCUT2D eigenvalue weighted by Gasteiger charge is 2.26. The molecule has 2 rings (SSSR count). The minimum atomic E-state index is -1.10. The lowest BCUT2D eigenvalue weighted by Gasteiger charge is -2.26. The number of hydrogen-bond acceptors (Lipinski definition) is 9. The molecule has 0 aliphatic carbocycles. The van der Waals surface area contributed by atoms with E-state index in [-0.39, 0.29) is 18.4 Å². The lowest BCUT2D eigenvalue weighted by molar-refractivity contribution is -0.127. The number of benzene rings is 2. The standard InChI is InChI=1S/C43H72N10O5/c1-43(2,3)58-42(57)50-37(31-38(44)54)40(56)48-24-14-9-15-27-52(32-34-19-10-7-11-20-34)29-18-30-53(33-35-21-12-8-13-22-35)28-17-25-49-39(55)36(46-4)23-16-26-51(6)41(45)47-5/h7-8,10-13,19-22,36-37,46H,9,14-18,23-33H2,1-6H3,(H2,44,54)(H2,45,47)(H,48,56)(H,49,55)(H,50,57)/t36?,37-/m0/s1. The van der Waals surface area contributed by atoms with Crippen molar-refractivity contribution < 1.29 is 23.9 Å². The number of guanidine groups is 1. The summed E-state index contributed by atoms with van der Waals surface area (Å²) in [6.45, 7) is 12.2. The van der Waals surface area contributed by atoms with Crippen LogP contribution in [0, 0.1) is 0 Å². The van der Waals surface area contributed by atoms with E-state index in [2.05, 4.69) is 84.6 Å². The fraction of sp³-hybridized carbons (Fsp3) is 0.605. The lowest BCUT2D eigenvalue weighted by Crippen LogP contribution is -2.50. The quantitative estimate of drug-likeness (QED) is 0.0422. The van der Waals surface area contributed by atoms with E-state index in [0.29, 0.717) is 25.5 Å². The summed E-state index contributed by atoms with van der Waals surface area (Å²) in [6, 6.07) is 19.6. The number of nitrogens with zero attached hydrogens (tertiary/aromatic N) is 4. The second-order valence-corrected chi connectivity index (χ2v) is 15.7. The highest BCUT2D eigenvalue weighted by Crippen LogP contribution is 2.11. The van der Waals surface area contributed by atoms with Crippen LogP contribution in [0.3, 0.4) is 0 Å². The number of nitrogens with one attached hydrogen (secondary N) is 4. The Morgan fingerprint density at radius 3 is 1.74 bits per heavy atom. The number of ether oxygens (including phenoxy) is 1. The number of rotatable bonds is 28. The zero-order valence-corrected chi connectivity index (χ0v) is 35.9. The topological polar surface area (TPSA) is 200 Å². The average Bonchev–Trinajstić information content (AvgIpc) is 3.18. The molecule has 0 spiro atoms. The van der Waals surface area contributed by atoms with Crippen molar-refractivity contribution >= 4 is 29.8 Å². The first-order valence-corrected chi connectivity index (χ1v) is 20.7. The maximum atomic E-state index is 13.0. The van der Waals surface area contributed by atoms with Crippen LogP contribution in [0.1, 0.15) is 83.3 Å². The number of carbonyl (C=O) groups is 4. The molecule has 58 heavy (non-hydrogen) atoms. The normalized spacial score (nSPS) is 12.9. The molecule has 0 bridgehead atoms. The molecule has 324 valence electrons. The van der Waals surface area contributed by atoms with E-state index in [9.17, 15) is 19.2 Å². The molecule has 8 N–H and O–H groups in total. The van der Waals surface area contributed by atoms with Crippen molar-refractivity contribution in [2.45, 2.75) is 103 Å². The van der Waals surface area contributed by atoms with Crippen LogP contribution in [0.4, 0.5) is 4.79 Å². The summed E-state index contributed by atoms with van der Waals surface area (Å²) < 4.78 is 5.24. The molecule has 1 unspecified atom stereocenters. The van der Waals surface area contributed by atoms with Gasteiger partial charge in [-0.15, -0.1) is 0 Å². The predicted molar refractivity (Wildman–Crippen MR) is 232 cm³/mol. The molecule has 0 aliphatic rings. The highest BCUT2D eigenvalue weighted by molar-refractivity contribution is 5.90. The van der Waals surface area contributed by atoms with E-state index in [1.54, 1.807) is 27.8 Å². The van der Waals surface area contributed by atoms with E-state index in [4.69, 9.17) is 16.2 Å². The Morgan fingerprint density at radius 1 is 0.707 bits per heavy atom. The third-order valence-corrected chi connectivity index (χ3v) is 9.53. The summed E-state index contributed by atoms with van der Waals surface area (Å²) in [5, 5.41) is 11.6. The van der Waals surface area contributed by atoms with E-state index >= 15 is 0 Å². The van der Waals surface area contributed by atoms with Crippen molar-refractivity contribution in [1.82, 2.24) is 36.0 Å². The Morgan fingerprint density at radius 2 is 1.22 bits per heavy atom. The van der Waals surface area contributed by atoms with Crippen molar-refractivity contribution in [3.05, 3.63) is 71.8 Å². The minimum absolute atomic E-state index is 0.0123. The molecule has 0 aliphatic heterocycles. The summed E-state index contributed by atoms with van der Waals surface area (Å²) in [5.41, 5.74) is 13.0. The van der Waals surface area contributed by atoms with Crippen LogP contribution in [0.15, 0.2) is 65.7 Å². The highest BCUT2D eigenvalue weighted by atomic mass is 16.6. The first-order valence-electron chi connectivity index (χ1n) is 20.7. The number of nitrogens with two attached hydrogens (primary N) is 2. The molecule has 15 heteroatoms. The Hall–Kier alpha value is -4.73. The minimum Gasteiger partial charge on any atom is -0.444 e. The largest absolute Gasteiger partial charge is 0.444 e.